The highest BCUT2D eigenvalue weighted by molar-refractivity contribution is 5.82. The molecular formula is C12H20N2O3. The quantitative estimate of drug-likeness (QED) is 0.702. The predicted molar refractivity (Wildman–Crippen MR) is 64.1 cm³/mol. The third kappa shape index (κ3) is 3.85. The number of piperidine rings is 1. The van der Waals surface area contributed by atoms with Crippen molar-refractivity contribution in [3.8, 4) is 0 Å². The van der Waals surface area contributed by atoms with E-state index in [4.69, 9.17) is 10.5 Å². The second kappa shape index (κ2) is 6.39. The Labute approximate surface area is 102 Å². The summed E-state index contributed by atoms with van der Waals surface area (Å²) in [5.41, 5.74) is 5.26. The first-order valence-corrected chi connectivity index (χ1v) is 5.87. The molecule has 1 aliphatic rings. The molecular weight excluding hydrogens is 220 g/mol. The normalized spacial score (nSPS) is 21.9. The van der Waals surface area contributed by atoms with Gasteiger partial charge in [-0.05, 0) is 19.8 Å². The monoisotopic (exact) mass is 240 g/mol. The Morgan fingerprint density at radius 3 is 2.94 bits per heavy atom. The van der Waals surface area contributed by atoms with Crippen molar-refractivity contribution in [2.75, 3.05) is 19.7 Å². The topological polar surface area (TPSA) is 72.6 Å². The van der Waals surface area contributed by atoms with Gasteiger partial charge >= 0.3 is 0 Å². The Morgan fingerprint density at radius 1 is 1.65 bits per heavy atom. The molecule has 0 radical (unpaired) electrons. The molecule has 96 valence electrons. The summed E-state index contributed by atoms with van der Waals surface area (Å²) in [4.78, 5) is 24.8. The molecule has 1 rings (SSSR count). The number of ether oxygens (including phenoxy) is 1. The standard InChI is InChI=1S/C12H20N2O3/c1-3-7-17-9(2)12(16)14-6-4-5-10(8-14)11(13)15/h3,9-10H,1,4-8H2,2H3,(H2,13,15). The average molecular weight is 240 g/mol. The Hall–Kier alpha value is -1.36. The summed E-state index contributed by atoms with van der Waals surface area (Å²) in [5, 5.41) is 0. The summed E-state index contributed by atoms with van der Waals surface area (Å²) < 4.78 is 5.28. The van der Waals surface area contributed by atoms with Gasteiger partial charge in [-0.1, -0.05) is 6.08 Å². The number of likely N-dealkylation sites (tertiary alicyclic amines) is 1. The van der Waals surface area contributed by atoms with Crippen LogP contribution in [-0.2, 0) is 14.3 Å². The van der Waals surface area contributed by atoms with Gasteiger partial charge in [-0.15, -0.1) is 6.58 Å². The molecule has 0 bridgehead atoms. The van der Waals surface area contributed by atoms with Gasteiger partial charge in [0, 0.05) is 13.1 Å². The van der Waals surface area contributed by atoms with Crippen molar-refractivity contribution in [1.82, 2.24) is 4.90 Å². The van der Waals surface area contributed by atoms with Crippen molar-refractivity contribution in [2.24, 2.45) is 11.7 Å². The Kier molecular flexibility index (Phi) is 5.15. The number of nitrogens with two attached hydrogens (primary N) is 1. The summed E-state index contributed by atoms with van der Waals surface area (Å²) in [6, 6.07) is 0. The molecule has 1 saturated heterocycles. The minimum atomic E-state index is -0.500. The first-order valence-electron chi connectivity index (χ1n) is 5.87. The molecule has 2 atom stereocenters. The Balaban J connectivity index is 2.50. The number of hydrogen-bond acceptors (Lipinski definition) is 3. The van der Waals surface area contributed by atoms with E-state index in [-0.39, 0.29) is 17.7 Å². The van der Waals surface area contributed by atoms with Gasteiger partial charge in [0.25, 0.3) is 5.91 Å². The largest absolute Gasteiger partial charge is 0.369 e. The van der Waals surface area contributed by atoms with Crippen molar-refractivity contribution in [1.29, 1.82) is 0 Å². The van der Waals surface area contributed by atoms with Crippen LogP contribution in [0.2, 0.25) is 0 Å². The molecule has 5 nitrogen and oxygen atoms in total. The Morgan fingerprint density at radius 2 is 2.35 bits per heavy atom. The van der Waals surface area contributed by atoms with Gasteiger partial charge in [0.2, 0.25) is 5.91 Å². The van der Waals surface area contributed by atoms with Gasteiger partial charge in [0.05, 0.1) is 12.5 Å². The number of carbonyl (C=O) groups is 2. The van der Waals surface area contributed by atoms with E-state index < -0.39 is 6.10 Å². The third-order valence-electron chi connectivity index (χ3n) is 2.95. The van der Waals surface area contributed by atoms with E-state index >= 15 is 0 Å². The van der Waals surface area contributed by atoms with E-state index in [0.717, 1.165) is 12.8 Å². The summed E-state index contributed by atoms with van der Waals surface area (Å²) in [5.74, 6) is -0.640. The van der Waals surface area contributed by atoms with Crippen molar-refractivity contribution < 1.29 is 14.3 Å². The van der Waals surface area contributed by atoms with Gasteiger partial charge in [-0.3, -0.25) is 9.59 Å². The van der Waals surface area contributed by atoms with Crippen LogP contribution in [-0.4, -0.2) is 42.5 Å². The summed E-state index contributed by atoms with van der Waals surface area (Å²) >= 11 is 0. The minimum absolute atomic E-state index is 0.0854. The van der Waals surface area contributed by atoms with Gasteiger partial charge in [-0.2, -0.15) is 0 Å². The summed E-state index contributed by atoms with van der Waals surface area (Å²) in [6.07, 6.45) is 2.68. The van der Waals surface area contributed by atoms with Crippen molar-refractivity contribution in [2.45, 2.75) is 25.9 Å². The molecule has 0 spiro atoms. The number of primary amides is 1. The van der Waals surface area contributed by atoms with Crippen LogP contribution in [0, 0.1) is 5.92 Å². The van der Waals surface area contributed by atoms with Crippen molar-refractivity contribution in [3.63, 3.8) is 0 Å². The molecule has 0 saturated carbocycles. The highest BCUT2D eigenvalue weighted by Gasteiger charge is 2.29. The van der Waals surface area contributed by atoms with Crippen LogP contribution in [0.25, 0.3) is 0 Å². The fraction of sp³-hybridized carbons (Fsp3) is 0.667. The van der Waals surface area contributed by atoms with E-state index in [2.05, 4.69) is 6.58 Å². The zero-order chi connectivity index (χ0) is 12.8. The van der Waals surface area contributed by atoms with Crippen LogP contribution >= 0.6 is 0 Å². The van der Waals surface area contributed by atoms with E-state index in [0.29, 0.717) is 19.7 Å². The maximum absolute atomic E-state index is 12.0. The lowest BCUT2D eigenvalue weighted by Crippen LogP contribution is -2.47. The number of amides is 2. The molecule has 0 aromatic rings. The van der Waals surface area contributed by atoms with Gasteiger partial charge in [-0.25, -0.2) is 0 Å². The molecule has 17 heavy (non-hydrogen) atoms. The van der Waals surface area contributed by atoms with Gasteiger partial charge < -0.3 is 15.4 Å². The molecule has 5 heteroatoms. The molecule has 0 aromatic heterocycles. The van der Waals surface area contributed by atoms with Crippen LogP contribution in [0.4, 0.5) is 0 Å². The maximum Gasteiger partial charge on any atom is 0.251 e. The summed E-state index contributed by atoms with van der Waals surface area (Å²) in [7, 11) is 0. The van der Waals surface area contributed by atoms with E-state index in [9.17, 15) is 9.59 Å². The zero-order valence-corrected chi connectivity index (χ0v) is 10.2. The lowest BCUT2D eigenvalue weighted by atomic mass is 9.97. The molecule has 2 N–H and O–H groups in total. The molecule has 2 amide bonds. The fourth-order valence-electron chi connectivity index (χ4n) is 1.95. The van der Waals surface area contributed by atoms with E-state index in [1.54, 1.807) is 17.9 Å². The SMILES string of the molecule is C=CCOC(C)C(=O)N1CCCC(C(N)=O)C1. The van der Waals surface area contributed by atoms with Crippen LogP contribution in [0.1, 0.15) is 19.8 Å². The lowest BCUT2D eigenvalue weighted by molar-refractivity contribution is -0.144. The van der Waals surface area contributed by atoms with Crippen LogP contribution in [0.5, 0.6) is 0 Å². The zero-order valence-electron chi connectivity index (χ0n) is 10.2. The molecule has 0 aliphatic carbocycles. The number of hydrogen-bond donors (Lipinski definition) is 1. The van der Waals surface area contributed by atoms with E-state index in [1.165, 1.54) is 0 Å². The highest BCUT2D eigenvalue weighted by Crippen LogP contribution is 2.17. The number of rotatable bonds is 5. The van der Waals surface area contributed by atoms with E-state index in [1.807, 2.05) is 0 Å². The number of nitrogens with zero attached hydrogens (tertiary/aromatic N) is 1. The van der Waals surface area contributed by atoms with Crippen molar-refractivity contribution in [3.05, 3.63) is 12.7 Å². The second-order valence-corrected chi connectivity index (χ2v) is 4.29. The average Bonchev–Trinajstić information content (AvgIpc) is 2.35. The van der Waals surface area contributed by atoms with Crippen LogP contribution in [0.15, 0.2) is 12.7 Å². The molecule has 0 aromatic carbocycles. The van der Waals surface area contributed by atoms with Crippen LogP contribution < -0.4 is 5.73 Å². The smallest absolute Gasteiger partial charge is 0.251 e. The summed E-state index contributed by atoms with van der Waals surface area (Å²) in [6.45, 7) is 6.67. The highest BCUT2D eigenvalue weighted by atomic mass is 16.5. The molecule has 1 aliphatic heterocycles. The third-order valence-corrected chi connectivity index (χ3v) is 2.95. The minimum Gasteiger partial charge on any atom is -0.369 e. The first kappa shape index (κ1) is 13.7. The van der Waals surface area contributed by atoms with Crippen molar-refractivity contribution >= 4 is 11.8 Å². The number of carbonyl (C=O) groups excluding carboxylic acids is 2. The lowest BCUT2D eigenvalue weighted by Gasteiger charge is -2.32. The van der Waals surface area contributed by atoms with Gasteiger partial charge in [0.15, 0.2) is 0 Å². The first-order chi connectivity index (χ1) is 8.06. The van der Waals surface area contributed by atoms with Crippen LogP contribution in [0.3, 0.4) is 0 Å². The fourth-order valence-corrected chi connectivity index (χ4v) is 1.95. The van der Waals surface area contributed by atoms with Gasteiger partial charge in [0.1, 0.15) is 6.10 Å². The maximum atomic E-state index is 12.0. The molecule has 1 fully saturated rings. The molecule has 2 unspecified atom stereocenters. The molecule has 1 heterocycles. The predicted octanol–water partition coefficient (Wildman–Crippen LogP) is 0.301. The second-order valence-electron chi connectivity index (χ2n) is 4.29. The Bertz CT molecular complexity index is 304.